The Morgan fingerprint density at radius 2 is 1.83 bits per heavy atom. The molecule has 4 nitrogen and oxygen atoms in total. The standard InChI is InChI=1S/C17H25F2NO3/c1-10(2)5-14(16(21)22)9-20-8-13-6-11(3)15(12(4)7-13)23-17(18)19/h6-7,10,14,17,20H,5,8-9H2,1-4H3,(H,21,22). The molecule has 0 aliphatic carbocycles. The van der Waals surface area contributed by atoms with Crippen LogP contribution in [0.3, 0.4) is 0 Å². The molecule has 0 heterocycles. The second-order valence-corrected chi connectivity index (χ2v) is 6.23. The van der Waals surface area contributed by atoms with Gasteiger partial charge in [0, 0.05) is 13.1 Å². The first-order valence-corrected chi connectivity index (χ1v) is 7.69. The number of aliphatic carboxylic acids is 1. The van der Waals surface area contributed by atoms with Gasteiger partial charge in [-0.3, -0.25) is 4.79 Å². The molecule has 6 heteroatoms. The molecular weight excluding hydrogens is 304 g/mol. The number of nitrogens with one attached hydrogen (secondary N) is 1. The van der Waals surface area contributed by atoms with E-state index in [0.717, 1.165) is 5.56 Å². The van der Waals surface area contributed by atoms with Gasteiger partial charge in [0.1, 0.15) is 5.75 Å². The maximum absolute atomic E-state index is 12.4. The fraction of sp³-hybridized carbons (Fsp3) is 0.588. The molecule has 1 atom stereocenters. The van der Waals surface area contributed by atoms with Crippen LogP contribution in [-0.4, -0.2) is 24.2 Å². The first-order chi connectivity index (χ1) is 10.7. The monoisotopic (exact) mass is 329 g/mol. The summed E-state index contributed by atoms with van der Waals surface area (Å²) in [4.78, 5) is 11.2. The summed E-state index contributed by atoms with van der Waals surface area (Å²) in [5, 5.41) is 12.3. The van der Waals surface area contributed by atoms with Crippen molar-refractivity contribution in [2.75, 3.05) is 6.54 Å². The minimum absolute atomic E-state index is 0.201. The van der Waals surface area contributed by atoms with E-state index in [1.54, 1.807) is 26.0 Å². The number of rotatable bonds is 9. The van der Waals surface area contributed by atoms with Crippen LogP contribution in [-0.2, 0) is 11.3 Å². The minimum atomic E-state index is -2.84. The van der Waals surface area contributed by atoms with Gasteiger partial charge in [0.05, 0.1) is 5.92 Å². The Morgan fingerprint density at radius 3 is 2.26 bits per heavy atom. The van der Waals surface area contributed by atoms with Crippen LogP contribution in [0, 0.1) is 25.7 Å². The van der Waals surface area contributed by atoms with Crippen molar-refractivity contribution in [3.63, 3.8) is 0 Å². The number of hydrogen-bond acceptors (Lipinski definition) is 3. The average molecular weight is 329 g/mol. The van der Waals surface area contributed by atoms with Crippen LogP contribution in [0.4, 0.5) is 8.78 Å². The van der Waals surface area contributed by atoms with E-state index >= 15 is 0 Å². The molecule has 0 spiro atoms. The lowest BCUT2D eigenvalue weighted by atomic mass is 9.97. The lowest BCUT2D eigenvalue weighted by Gasteiger charge is -2.17. The van der Waals surface area contributed by atoms with Gasteiger partial charge < -0.3 is 15.2 Å². The van der Waals surface area contributed by atoms with Gasteiger partial charge in [-0.25, -0.2) is 0 Å². The average Bonchev–Trinajstić information content (AvgIpc) is 2.41. The summed E-state index contributed by atoms with van der Waals surface area (Å²) in [7, 11) is 0. The van der Waals surface area contributed by atoms with Crippen molar-refractivity contribution < 1.29 is 23.4 Å². The number of carbonyl (C=O) groups is 1. The van der Waals surface area contributed by atoms with E-state index in [1.807, 2.05) is 13.8 Å². The topological polar surface area (TPSA) is 58.6 Å². The number of halogens is 2. The summed E-state index contributed by atoms with van der Waals surface area (Å²) in [6.07, 6.45) is 0.613. The summed E-state index contributed by atoms with van der Waals surface area (Å²) in [5.41, 5.74) is 2.19. The highest BCUT2D eigenvalue weighted by Crippen LogP contribution is 2.26. The van der Waals surface area contributed by atoms with Gasteiger partial charge in [-0.2, -0.15) is 8.78 Å². The van der Waals surface area contributed by atoms with Crippen LogP contribution in [0.2, 0.25) is 0 Å². The summed E-state index contributed by atoms with van der Waals surface area (Å²) >= 11 is 0. The molecule has 0 aromatic heterocycles. The smallest absolute Gasteiger partial charge is 0.387 e. The van der Waals surface area contributed by atoms with E-state index in [4.69, 9.17) is 0 Å². The van der Waals surface area contributed by atoms with Crippen molar-refractivity contribution in [2.45, 2.75) is 47.3 Å². The molecule has 1 unspecified atom stereocenters. The van der Waals surface area contributed by atoms with Gasteiger partial charge in [-0.05, 0) is 42.9 Å². The molecule has 0 fully saturated rings. The number of benzene rings is 1. The van der Waals surface area contributed by atoms with Gasteiger partial charge in [0.2, 0.25) is 0 Å². The predicted molar refractivity (Wildman–Crippen MR) is 84.8 cm³/mol. The molecule has 0 aliphatic heterocycles. The third-order valence-electron chi connectivity index (χ3n) is 3.55. The molecule has 23 heavy (non-hydrogen) atoms. The van der Waals surface area contributed by atoms with Gasteiger partial charge in [0.25, 0.3) is 0 Å². The molecular formula is C17H25F2NO3. The van der Waals surface area contributed by atoms with Gasteiger partial charge in [-0.15, -0.1) is 0 Å². The molecule has 130 valence electrons. The van der Waals surface area contributed by atoms with Gasteiger partial charge in [0.15, 0.2) is 0 Å². The number of hydrogen-bond donors (Lipinski definition) is 2. The van der Waals surface area contributed by atoms with E-state index in [-0.39, 0.29) is 5.75 Å². The zero-order valence-corrected chi connectivity index (χ0v) is 14.0. The molecule has 0 bridgehead atoms. The van der Waals surface area contributed by atoms with Crippen molar-refractivity contribution in [2.24, 2.45) is 11.8 Å². The fourth-order valence-electron chi connectivity index (χ4n) is 2.65. The predicted octanol–water partition coefficient (Wildman–Crippen LogP) is 3.74. The van der Waals surface area contributed by atoms with Crippen LogP contribution < -0.4 is 10.1 Å². The first kappa shape index (κ1) is 19.4. The van der Waals surface area contributed by atoms with E-state index < -0.39 is 18.5 Å². The summed E-state index contributed by atoms with van der Waals surface area (Å²) in [6.45, 7) is 5.43. The van der Waals surface area contributed by atoms with Gasteiger partial charge in [-0.1, -0.05) is 26.0 Å². The lowest BCUT2D eigenvalue weighted by molar-refractivity contribution is -0.142. The number of carboxylic acids is 1. The van der Waals surface area contributed by atoms with E-state index in [9.17, 15) is 18.7 Å². The van der Waals surface area contributed by atoms with Crippen LogP contribution in [0.15, 0.2) is 12.1 Å². The minimum Gasteiger partial charge on any atom is -0.481 e. The second kappa shape index (κ2) is 8.82. The van der Waals surface area contributed by atoms with Crippen LogP contribution >= 0.6 is 0 Å². The maximum atomic E-state index is 12.4. The van der Waals surface area contributed by atoms with Crippen molar-refractivity contribution in [1.29, 1.82) is 0 Å². The van der Waals surface area contributed by atoms with E-state index in [0.29, 0.717) is 36.6 Å². The third-order valence-corrected chi connectivity index (χ3v) is 3.55. The van der Waals surface area contributed by atoms with Crippen molar-refractivity contribution in [1.82, 2.24) is 5.32 Å². The maximum Gasteiger partial charge on any atom is 0.387 e. The zero-order valence-electron chi connectivity index (χ0n) is 14.0. The highest BCUT2D eigenvalue weighted by atomic mass is 19.3. The molecule has 0 aliphatic rings. The molecule has 1 aromatic rings. The normalized spacial score (nSPS) is 12.7. The molecule has 0 amide bonds. The number of alkyl halides is 2. The van der Waals surface area contributed by atoms with Crippen molar-refractivity contribution in [3.05, 3.63) is 28.8 Å². The Morgan fingerprint density at radius 1 is 1.26 bits per heavy atom. The van der Waals surface area contributed by atoms with Crippen molar-refractivity contribution >= 4 is 5.97 Å². The Labute approximate surface area is 135 Å². The summed E-state index contributed by atoms with van der Waals surface area (Å²) in [5.74, 6) is -0.724. The first-order valence-electron chi connectivity index (χ1n) is 7.69. The van der Waals surface area contributed by atoms with E-state index in [1.165, 1.54) is 0 Å². The number of carboxylic acid groups (broad SMARTS) is 1. The molecule has 0 saturated heterocycles. The van der Waals surface area contributed by atoms with Crippen molar-refractivity contribution in [3.8, 4) is 5.75 Å². The Bertz CT molecular complexity index is 510. The summed E-state index contributed by atoms with van der Waals surface area (Å²) < 4.78 is 29.2. The third kappa shape index (κ3) is 6.52. The molecule has 2 N–H and O–H groups in total. The second-order valence-electron chi connectivity index (χ2n) is 6.23. The van der Waals surface area contributed by atoms with E-state index in [2.05, 4.69) is 10.1 Å². The SMILES string of the molecule is Cc1cc(CNCC(CC(C)C)C(=O)O)cc(C)c1OC(F)F. The number of ether oxygens (including phenoxy) is 1. The quantitative estimate of drug-likeness (QED) is 0.724. The lowest BCUT2D eigenvalue weighted by Crippen LogP contribution is -2.29. The molecule has 0 saturated carbocycles. The van der Waals surface area contributed by atoms with Crippen LogP contribution in [0.5, 0.6) is 5.75 Å². The summed E-state index contributed by atoms with van der Waals surface area (Å²) in [6, 6.07) is 3.55. The molecule has 0 radical (unpaired) electrons. The largest absolute Gasteiger partial charge is 0.481 e. The molecule has 1 aromatic carbocycles. The molecule has 1 rings (SSSR count). The Hall–Kier alpha value is -1.69. The number of aryl methyl sites for hydroxylation is 2. The highest BCUT2D eigenvalue weighted by Gasteiger charge is 2.18. The Balaban J connectivity index is 2.66. The fourth-order valence-corrected chi connectivity index (χ4v) is 2.65. The Kier molecular flexibility index (Phi) is 7.42. The van der Waals surface area contributed by atoms with Gasteiger partial charge >= 0.3 is 12.6 Å². The highest BCUT2D eigenvalue weighted by molar-refractivity contribution is 5.70. The van der Waals surface area contributed by atoms with Crippen LogP contribution in [0.25, 0.3) is 0 Å². The van der Waals surface area contributed by atoms with Crippen LogP contribution in [0.1, 0.15) is 37.0 Å². The zero-order chi connectivity index (χ0) is 17.6.